The third-order valence-electron chi connectivity index (χ3n) is 5.30. The molecule has 4 rings (SSSR count). The van der Waals surface area contributed by atoms with Gasteiger partial charge < -0.3 is 15.2 Å². The molecule has 9 heteroatoms. The van der Waals surface area contributed by atoms with Crippen molar-refractivity contribution in [1.82, 2.24) is 9.97 Å². The number of hydrogen-bond donors (Lipinski definition) is 1. The Morgan fingerprint density at radius 2 is 1.78 bits per heavy atom. The highest BCUT2D eigenvalue weighted by molar-refractivity contribution is 7.98. The summed E-state index contributed by atoms with van der Waals surface area (Å²) >= 11 is 1.45. The van der Waals surface area contributed by atoms with E-state index < -0.39 is 0 Å². The number of amides is 2. The number of nitrogens with two attached hydrogens (primary N) is 1. The maximum atomic E-state index is 13.6. The molecule has 0 atom stereocenters. The molecule has 0 unspecified atom stereocenters. The first kappa shape index (κ1) is 21.8. The standard InChI is InChI=1S/C23H25N5O3S/c1-30-19-10-18(11-20(12-19)31-2)28-14-16-13-25-22(32-3)26-21(16)27(23(28)29)9-8-15-4-6-17(24)7-5-15/h4-7,10-13H,8-9,14,24H2,1-3H3. The summed E-state index contributed by atoms with van der Waals surface area (Å²) in [5.74, 6) is 1.87. The number of benzene rings is 2. The van der Waals surface area contributed by atoms with Crippen molar-refractivity contribution < 1.29 is 14.3 Å². The van der Waals surface area contributed by atoms with Gasteiger partial charge in [-0.2, -0.15) is 0 Å². The Morgan fingerprint density at radius 3 is 2.41 bits per heavy atom. The van der Waals surface area contributed by atoms with E-state index >= 15 is 0 Å². The summed E-state index contributed by atoms with van der Waals surface area (Å²) in [5.41, 5.74) is 9.16. The minimum absolute atomic E-state index is 0.158. The van der Waals surface area contributed by atoms with Gasteiger partial charge in [-0.1, -0.05) is 23.9 Å². The number of anilines is 3. The van der Waals surface area contributed by atoms with Crippen LogP contribution < -0.4 is 25.0 Å². The second-order valence-electron chi connectivity index (χ2n) is 7.29. The van der Waals surface area contributed by atoms with Gasteiger partial charge in [0, 0.05) is 42.2 Å². The van der Waals surface area contributed by atoms with Crippen molar-refractivity contribution in [3.8, 4) is 11.5 Å². The summed E-state index contributed by atoms with van der Waals surface area (Å²) in [4.78, 5) is 26.1. The smallest absolute Gasteiger partial charge is 0.330 e. The summed E-state index contributed by atoms with van der Waals surface area (Å²) in [6.07, 6.45) is 4.38. The number of aromatic nitrogens is 2. The van der Waals surface area contributed by atoms with Crippen LogP contribution in [0, 0.1) is 0 Å². The lowest BCUT2D eigenvalue weighted by Crippen LogP contribution is -2.48. The Bertz CT molecular complexity index is 1100. The Balaban J connectivity index is 1.70. The highest BCUT2D eigenvalue weighted by Gasteiger charge is 2.33. The first-order valence-corrected chi connectivity index (χ1v) is 11.3. The van der Waals surface area contributed by atoms with Crippen LogP contribution in [0.5, 0.6) is 11.5 Å². The molecular weight excluding hydrogens is 426 g/mol. The molecule has 8 nitrogen and oxygen atoms in total. The summed E-state index contributed by atoms with van der Waals surface area (Å²) in [7, 11) is 3.17. The van der Waals surface area contributed by atoms with Crippen LogP contribution in [0.25, 0.3) is 0 Å². The number of thioether (sulfide) groups is 1. The van der Waals surface area contributed by atoms with E-state index in [1.807, 2.05) is 42.7 Å². The van der Waals surface area contributed by atoms with Gasteiger partial charge in [0.1, 0.15) is 17.3 Å². The van der Waals surface area contributed by atoms with Crippen LogP contribution in [0.15, 0.2) is 53.8 Å². The van der Waals surface area contributed by atoms with Crippen molar-refractivity contribution in [2.75, 3.05) is 42.6 Å². The van der Waals surface area contributed by atoms with Crippen LogP contribution in [-0.2, 0) is 13.0 Å². The molecule has 0 saturated heterocycles. The van der Waals surface area contributed by atoms with Crippen molar-refractivity contribution in [3.63, 3.8) is 0 Å². The zero-order valence-corrected chi connectivity index (χ0v) is 19.1. The highest BCUT2D eigenvalue weighted by Crippen LogP contribution is 2.35. The van der Waals surface area contributed by atoms with Gasteiger partial charge in [-0.25, -0.2) is 14.8 Å². The maximum Gasteiger partial charge on any atom is 0.330 e. The molecular formula is C23H25N5O3S. The Labute approximate surface area is 191 Å². The van der Waals surface area contributed by atoms with Gasteiger partial charge in [-0.05, 0) is 30.4 Å². The second-order valence-corrected chi connectivity index (χ2v) is 8.06. The first-order valence-electron chi connectivity index (χ1n) is 10.1. The van der Waals surface area contributed by atoms with Crippen molar-refractivity contribution in [1.29, 1.82) is 0 Å². The normalized spacial score (nSPS) is 13.2. The fourth-order valence-electron chi connectivity index (χ4n) is 3.58. The van der Waals surface area contributed by atoms with Gasteiger partial charge in [0.05, 0.1) is 26.5 Å². The molecule has 0 bridgehead atoms. The zero-order valence-electron chi connectivity index (χ0n) is 18.2. The predicted molar refractivity (Wildman–Crippen MR) is 127 cm³/mol. The van der Waals surface area contributed by atoms with E-state index in [9.17, 15) is 4.79 Å². The number of methoxy groups -OCH3 is 2. The Hall–Kier alpha value is -3.46. The number of hydrogen-bond acceptors (Lipinski definition) is 7. The molecule has 166 valence electrons. The van der Waals surface area contributed by atoms with Crippen LogP contribution in [0.1, 0.15) is 11.1 Å². The maximum absolute atomic E-state index is 13.6. The van der Waals surface area contributed by atoms with Crippen LogP contribution in [0.4, 0.5) is 22.0 Å². The van der Waals surface area contributed by atoms with Crippen molar-refractivity contribution in [2.24, 2.45) is 0 Å². The number of carbonyl (C=O) groups excluding carboxylic acids is 1. The number of nitrogen functional groups attached to an aromatic ring is 1. The summed E-state index contributed by atoms with van der Waals surface area (Å²) in [6.45, 7) is 0.829. The lowest BCUT2D eigenvalue weighted by molar-refractivity contribution is 0.249. The van der Waals surface area contributed by atoms with Crippen molar-refractivity contribution in [2.45, 2.75) is 18.1 Å². The summed E-state index contributed by atoms with van der Waals surface area (Å²) in [5, 5.41) is 0.630. The molecule has 1 aliphatic rings. The lowest BCUT2D eigenvalue weighted by Gasteiger charge is -2.36. The molecule has 32 heavy (non-hydrogen) atoms. The number of rotatable bonds is 7. The first-order chi connectivity index (χ1) is 15.5. The minimum Gasteiger partial charge on any atom is -0.497 e. The second kappa shape index (κ2) is 9.35. The third kappa shape index (κ3) is 4.43. The number of carbonyl (C=O) groups is 1. The third-order valence-corrected chi connectivity index (χ3v) is 5.86. The zero-order chi connectivity index (χ0) is 22.7. The molecule has 0 aliphatic carbocycles. The minimum atomic E-state index is -0.158. The molecule has 0 spiro atoms. The summed E-state index contributed by atoms with van der Waals surface area (Å²) < 4.78 is 10.8. The van der Waals surface area contributed by atoms with E-state index in [0.29, 0.717) is 53.4 Å². The number of urea groups is 1. The van der Waals surface area contributed by atoms with Crippen LogP contribution in [-0.4, -0.2) is 43.0 Å². The molecule has 0 saturated carbocycles. The number of nitrogens with zero attached hydrogens (tertiary/aromatic N) is 4. The fourth-order valence-corrected chi connectivity index (χ4v) is 3.91. The van der Waals surface area contributed by atoms with Gasteiger partial charge in [0.15, 0.2) is 5.16 Å². The van der Waals surface area contributed by atoms with E-state index in [4.69, 9.17) is 15.2 Å². The topological polar surface area (TPSA) is 93.8 Å². The van der Waals surface area contributed by atoms with E-state index in [-0.39, 0.29) is 6.03 Å². The average Bonchev–Trinajstić information content (AvgIpc) is 2.83. The Kier molecular flexibility index (Phi) is 6.36. The highest BCUT2D eigenvalue weighted by atomic mass is 32.2. The van der Waals surface area contributed by atoms with Crippen molar-refractivity contribution in [3.05, 3.63) is 59.8 Å². The fraction of sp³-hybridized carbons (Fsp3) is 0.261. The molecule has 2 aromatic carbocycles. The largest absolute Gasteiger partial charge is 0.497 e. The van der Waals surface area contributed by atoms with Gasteiger partial charge >= 0.3 is 6.03 Å². The molecule has 0 fully saturated rings. The van der Waals surface area contributed by atoms with E-state index in [0.717, 1.165) is 11.1 Å². The molecule has 2 heterocycles. The van der Waals surface area contributed by atoms with E-state index in [1.165, 1.54) is 11.8 Å². The quantitative estimate of drug-likeness (QED) is 0.330. The van der Waals surface area contributed by atoms with E-state index in [2.05, 4.69) is 9.97 Å². The lowest BCUT2D eigenvalue weighted by atomic mass is 10.1. The molecule has 0 radical (unpaired) electrons. The number of fused-ring (bicyclic) bond motifs is 1. The van der Waals surface area contributed by atoms with E-state index in [1.54, 1.807) is 36.3 Å². The molecule has 1 aliphatic heterocycles. The van der Waals surface area contributed by atoms with Gasteiger partial charge in [-0.3, -0.25) is 9.80 Å². The van der Waals surface area contributed by atoms with Crippen LogP contribution in [0.3, 0.4) is 0 Å². The van der Waals surface area contributed by atoms with Crippen LogP contribution >= 0.6 is 11.8 Å². The number of ether oxygens (including phenoxy) is 2. The van der Waals surface area contributed by atoms with Crippen LogP contribution in [0.2, 0.25) is 0 Å². The predicted octanol–water partition coefficient (Wildman–Crippen LogP) is 3.99. The Morgan fingerprint density at radius 1 is 1.09 bits per heavy atom. The molecule has 2 N–H and O–H groups in total. The monoisotopic (exact) mass is 451 g/mol. The molecule has 3 aromatic rings. The van der Waals surface area contributed by atoms with Gasteiger partial charge in [0.25, 0.3) is 0 Å². The SMILES string of the molecule is COc1cc(OC)cc(N2Cc3cnc(SC)nc3N(CCc3ccc(N)cc3)C2=O)c1. The van der Waals surface area contributed by atoms with Gasteiger partial charge in [-0.15, -0.1) is 0 Å². The van der Waals surface area contributed by atoms with Crippen molar-refractivity contribution >= 4 is 35.0 Å². The molecule has 2 amide bonds. The van der Waals surface area contributed by atoms with Gasteiger partial charge in [0.2, 0.25) is 0 Å². The molecule has 1 aromatic heterocycles. The average molecular weight is 452 g/mol. The summed E-state index contributed by atoms with van der Waals surface area (Å²) in [6, 6.07) is 12.9.